The number of allylic oxidation sites excluding steroid dienone is 1. The molecule has 0 unspecified atom stereocenters. The number of hydrogen-bond acceptors (Lipinski definition) is 5. The van der Waals surface area contributed by atoms with Gasteiger partial charge in [-0.2, -0.15) is 0 Å². The molecular weight excluding hydrogens is 368 g/mol. The molecule has 0 amide bonds. The zero-order chi connectivity index (χ0) is 21.2. The molecule has 1 aromatic rings. The smallest absolute Gasteiger partial charge is 0.331 e. The second-order valence-electron chi connectivity index (χ2n) is 8.93. The molecule has 0 bridgehead atoms. The third-order valence-corrected chi connectivity index (χ3v) is 6.73. The van der Waals surface area contributed by atoms with Crippen LogP contribution in [0.4, 0.5) is 0 Å². The fraction of sp³-hybridized carbons (Fsp3) is 0.458. The first-order valence-electron chi connectivity index (χ1n) is 9.98. The Balaban J connectivity index is 1.92. The second-order valence-corrected chi connectivity index (χ2v) is 8.93. The molecule has 3 rings (SSSR count). The van der Waals surface area contributed by atoms with Crippen molar-refractivity contribution in [3.63, 3.8) is 0 Å². The summed E-state index contributed by atoms with van der Waals surface area (Å²) in [5.74, 6) is -1.55. The van der Waals surface area contributed by atoms with Crippen molar-refractivity contribution in [3.05, 3.63) is 53.6 Å². The van der Waals surface area contributed by atoms with Crippen molar-refractivity contribution in [2.45, 2.75) is 45.8 Å². The lowest BCUT2D eigenvalue weighted by atomic mass is 9.47. The van der Waals surface area contributed by atoms with Crippen LogP contribution >= 0.6 is 0 Å². The molecule has 0 heterocycles. The fourth-order valence-electron chi connectivity index (χ4n) is 5.42. The molecule has 1 saturated carbocycles. The van der Waals surface area contributed by atoms with Gasteiger partial charge in [-0.25, -0.2) is 4.79 Å². The van der Waals surface area contributed by atoms with Gasteiger partial charge in [0.05, 0.1) is 12.0 Å². The van der Waals surface area contributed by atoms with Gasteiger partial charge in [-0.1, -0.05) is 51.1 Å². The molecule has 5 heteroatoms. The number of fused-ring (bicyclic) bond motifs is 1. The van der Waals surface area contributed by atoms with Crippen LogP contribution in [0.2, 0.25) is 0 Å². The van der Waals surface area contributed by atoms with Crippen LogP contribution in [0.25, 0.3) is 6.08 Å². The van der Waals surface area contributed by atoms with Gasteiger partial charge in [0.2, 0.25) is 0 Å². The molecular formula is C24H28O5. The average Bonchev–Trinajstić information content (AvgIpc) is 2.68. The van der Waals surface area contributed by atoms with Gasteiger partial charge in [-0.15, -0.1) is 0 Å². The SMILES string of the molecule is CC1(C)CC[C@@H](OC(=O)C=Cc2ccccc2)[C@]2(C)[C@@H](C=O)C(C=O)=C[C@H](O)[C@@H]12. The molecule has 0 spiro atoms. The molecule has 2 aliphatic carbocycles. The van der Waals surface area contributed by atoms with Gasteiger partial charge >= 0.3 is 5.97 Å². The van der Waals surface area contributed by atoms with E-state index in [2.05, 4.69) is 0 Å². The Hall–Kier alpha value is -2.53. The number of hydrogen-bond donors (Lipinski definition) is 1. The van der Waals surface area contributed by atoms with Crippen molar-refractivity contribution in [1.82, 2.24) is 0 Å². The van der Waals surface area contributed by atoms with Gasteiger partial charge in [0.15, 0.2) is 0 Å². The first kappa shape index (κ1) is 21.2. The zero-order valence-electron chi connectivity index (χ0n) is 17.1. The number of rotatable bonds is 5. The van der Waals surface area contributed by atoms with E-state index in [9.17, 15) is 19.5 Å². The molecule has 1 aromatic carbocycles. The number of aliphatic hydroxyl groups excluding tert-OH is 1. The molecule has 29 heavy (non-hydrogen) atoms. The van der Waals surface area contributed by atoms with Crippen molar-refractivity contribution in [2.24, 2.45) is 22.7 Å². The summed E-state index contributed by atoms with van der Waals surface area (Å²) in [7, 11) is 0. The predicted octanol–water partition coefficient (Wildman–Crippen LogP) is 3.37. The van der Waals surface area contributed by atoms with E-state index in [4.69, 9.17) is 4.74 Å². The summed E-state index contributed by atoms with van der Waals surface area (Å²) in [4.78, 5) is 36.1. The van der Waals surface area contributed by atoms with Crippen molar-refractivity contribution < 1.29 is 24.2 Å². The van der Waals surface area contributed by atoms with Gasteiger partial charge in [0.25, 0.3) is 0 Å². The van der Waals surface area contributed by atoms with E-state index in [1.807, 2.05) is 51.1 Å². The highest BCUT2D eigenvalue weighted by molar-refractivity contribution is 5.87. The number of benzene rings is 1. The van der Waals surface area contributed by atoms with Crippen LogP contribution in [-0.4, -0.2) is 35.9 Å². The van der Waals surface area contributed by atoms with Gasteiger partial charge in [-0.05, 0) is 36.0 Å². The molecule has 154 valence electrons. The first-order valence-corrected chi connectivity index (χ1v) is 9.98. The number of esters is 1. The lowest BCUT2D eigenvalue weighted by Gasteiger charge is -2.59. The molecule has 2 aliphatic rings. The van der Waals surface area contributed by atoms with E-state index >= 15 is 0 Å². The molecule has 0 saturated heterocycles. The summed E-state index contributed by atoms with van der Waals surface area (Å²) in [5, 5.41) is 10.8. The fourth-order valence-corrected chi connectivity index (χ4v) is 5.42. The van der Waals surface area contributed by atoms with Gasteiger partial charge in [-0.3, -0.25) is 4.79 Å². The summed E-state index contributed by atoms with van der Waals surface area (Å²) in [6, 6.07) is 9.42. The van der Waals surface area contributed by atoms with Crippen LogP contribution in [0.3, 0.4) is 0 Å². The minimum absolute atomic E-state index is 0.254. The Morgan fingerprint density at radius 1 is 1.17 bits per heavy atom. The first-order chi connectivity index (χ1) is 13.7. The lowest BCUT2D eigenvalue weighted by Crippen LogP contribution is -2.61. The Labute approximate surface area is 171 Å². The molecule has 0 aliphatic heterocycles. The Kier molecular flexibility index (Phi) is 5.90. The maximum absolute atomic E-state index is 12.5. The summed E-state index contributed by atoms with van der Waals surface area (Å²) >= 11 is 0. The summed E-state index contributed by atoms with van der Waals surface area (Å²) < 4.78 is 5.81. The molecule has 1 fully saturated rings. The average molecular weight is 396 g/mol. The lowest BCUT2D eigenvalue weighted by molar-refractivity contribution is -0.187. The standard InChI is InChI=1S/C24H28O5/c1-23(2)12-11-20(29-21(28)10-9-16-7-5-4-6-8-16)24(3)18(15-26)17(14-25)13-19(27)22(23)24/h4-10,13-15,18-20,22,27H,11-12H2,1-3H3/t18-,19-,20+,22-,24-/m0/s1. The van der Waals surface area contributed by atoms with Crippen LogP contribution in [0.1, 0.15) is 39.2 Å². The maximum Gasteiger partial charge on any atom is 0.331 e. The summed E-state index contributed by atoms with van der Waals surface area (Å²) in [5.41, 5.74) is -0.0130. The van der Waals surface area contributed by atoms with Crippen LogP contribution in [0.5, 0.6) is 0 Å². The van der Waals surface area contributed by atoms with Gasteiger partial charge < -0.3 is 14.6 Å². The zero-order valence-corrected chi connectivity index (χ0v) is 17.1. The van der Waals surface area contributed by atoms with Crippen LogP contribution in [0, 0.1) is 22.7 Å². The predicted molar refractivity (Wildman–Crippen MR) is 110 cm³/mol. The van der Waals surface area contributed by atoms with E-state index in [-0.39, 0.29) is 16.9 Å². The topological polar surface area (TPSA) is 80.7 Å². The Morgan fingerprint density at radius 3 is 2.48 bits per heavy atom. The molecule has 1 N–H and O–H groups in total. The highest BCUT2D eigenvalue weighted by Crippen LogP contribution is 2.59. The van der Waals surface area contributed by atoms with Gasteiger partial charge in [0, 0.05) is 23.0 Å². The Morgan fingerprint density at radius 2 is 1.86 bits per heavy atom. The van der Waals surface area contributed by atoms with Crippen molar-refractivity contribution in [3.8, 4) is 0 Å². The molecule has 0 aromatic heterocycles. The third-order valence-electron chi connectivity index (χ3n) is 6.73. The van der Waals surface area contributed by atoms with E-state index < -0.39 is 29.5 Å². The normalized spacial score (nSPS) is 33.4. The second kappa shape index (κ2) is 8.07. The van der Waals surface area contributed by atoms with E-state index in [0.717, 1.165) is 18.3 Å². The minimum atomic E-state index is -0.882. The quantitative estimate of drug-likeness (QED) is 0.469. The maximum atomic E-state index is 12.5. The number of carbonyl (C=O) groups excluding carboxylic acids is 3. The number of aliphatic hydroxyl groups is 1. The van der Waals surface area contributed by atoms with Crippen molar-refractivity contribution in [1.29, 1.82) is 0 Å². The number of carbonyl (C=O) groups is 3. The highest BCUT2D eigenvalue weighted by atomic mass is 16.5. The summed E-state index contributed by atoms with van der Waals surface area (Å²) in [6.07, 6.45) is 5.75. The Bertz CT molecular complexity index is 838. The van der Waals surface area contributed by atoms with E-state index in [0.29, 0.717) is 12.7 Å². The monoisotopic (exact) mass is 396 g/mol. The highest BCUT2D eigenvalue weighted by Gasteiger charge is 2.61. The van der Waals surface area contributed by atoms with E-state index in [1.54, 1.807) is 6.08 Å². The van der Waals surface area contributed by atoms with Gasteiger partial charge in [0.1, 0.15) is 18.7 Å². The third kappa shape index (κ3) is 3.84. The molecule has 5 atom stereocenters. The largest absolute Gasteiger partial charge is 0.459 e. The van der Waals surface area contributed by atoms with Crippen molar-refractivity contribution in [2.75, 3.05) is 0 Å². The van der Waals surface area contributed by atoms with E-state index in [1.165, 1.54) is 12.2 Å². The molecule has 5 nitrogen and oxygen atoms in total. The molecule has 0 radical (unpaired) electrons. The van der Waals surface area contributed by atoms with Crippen LogP contribution in [0.15, 0.2) is 48.1 Å². The van der Waals surface area contributed by atoms with Crippen molar-refractivity contribution >= 4 is 24.6 Å². The number of aldehydes is 2. The van der Waals surface area contributed by atoms with Crippen LogP contribution in [-0.2, 0) is 19.1 Å². The summed E-state index contributed by atoms with van der Waals surface area (Å²) in [6.45, 7) is 5.96. The van der Waals surface area contributed by atoms with Crippen LogP contribution < -0.4 is 0 Å². The minimum Gasteiger partial charge on any atom is -0.459 e. The number of ether oxygens (including phenoxy) is 1.